The molecule has 1 N–H and O–H groups in total. The summed E-state index contributed by atoms with van der Waals surface area (Å²) in [6.45, 7) is 4.56. The highest BCUT2D eigenvalue weighted by molar-refractivity contribution is 5.86. The van der Waals surface area contributed by atoms with Crippen LogP contribution in [-0.4, -0.2) is 37.3 Å². The quantitative estimate of drug-likeness (QED) is 0.727. The van der Waals surface area contributed by atoms with E-state index in [2.05, 4.69) is 10.3 Å². The molecule has 0 aromatic carbocycles. The molecule has 6 nitrogen and oxygen atoms in total. The highest BCUT2D eigenvalue weighted by Gasteiger charge is 2.15. The number of nitrogens with zero attached hydrogens (tertiary/aromatic N) is 1. The van der Waals surface area contributed by atoms with Crippen LogP contribution >= 0.6 is 0 Å². The van der Waals surface area contributed by atoms with Gasteiger partial charge in [0, 0.05) is 6.54 Å². The Morgan fingerprint density at radius 2 is 2.44 bits per heavy atom. The second-order valence-corrected chi connectivity index (χ2v) is 3.21. The number of esters is 1. The summed E-state index contributed by atoms with van der Waals surface area (Å²) in [5.74, 6) is -0.512. The molecule has 1 rings (SSSR count). The van der Waals surface area contributed by atoms with Crippen LogP contribution in [0, 0.1) is 0 Å². The van der Waals surface area contributed by atoms with Gasteiger partial charge in [0.2, 0.25) is 0 Å². The number of nitrogens with one attached hydrogen (secondary N) is 1. The molecule has 16 heavy (non-hydrogen) atoms. The summed E-state index contributed by atoms with van der Waals surface area (Å²) >= 11 is 0. The monoisotopic (exact) mass is 228 g/mol. The van der Waals surface area contributed by atoms with Crippen molar-refractivity contribution < 1.29 is 18.7 Å². The molecule has 1 atom stereocenters. The fraction of sp³-hybridized carbons (Fsp3) is 0.600. The number of ether oxygens (including phenoxy) is 2. The summed E-state index contributed by atoms with van der Waals surface area (Å²) in [7, 11) is 1.82. The van der Waals surface area contributed by atoms with Crippen molar-refractivity contribution in [1.82, 2.24) is 10.3 Å². The van der Waals surface area contributed by atoms with E-state index in [1.165, 1.54) is 6.26 Å². The van der Waals surface area contributed by atoms with Crippen molar-refractivity contribution in [3.63, 3.8) is 0 Å². The third-order valence-electron chi connectivity index (χ3n) is 1.76. The largest absolute Gasteiger partial charge is 0.461 e. The molecular formula is C10H16N2O4. The smallest absolute Gasteiger partial charge is 0.394 e. The Balaban J connectivity index is 2.54. The van der Waals surface area contributed by atoms with Crippen molar-refractivity contribution in [2.45, 2.75) is 20.0 Å². The Kier molecular flexibility index (Phi) is 4.78. The van der Waals surface area contributed by atoms with E-state index in [-0.39, 0.29) is 17.9 Å². The van der Waals surface area contributed by atoms with Gasteiger partial charge in [-0.1, -0.05) is 0 Å². The van der Waals surface area contributed by atoms with Gasteiger partial charge in [0.15, 0.2) is 5.69 Å². The topological polar surface area (TPSA) is 73.6 Å². The molecule has 1 aromatic rings. The maximum atomic E-state index is 11.3. The molecule has 1 aromatic heterocycles. The van der Waals surface area contributed by atoms with Gasteiger partial charge in [-0.2, -0.15) is 4.98 Å². The van der Waals surface area contributed by atoms with Gasteiger partial charge in [0.05, 0.1) is 6.61 Å². The molecular weight excluding hydrogens is 212 g/mol. The van der Waals surface area contributed by atoms with Crippen LogP contribution in [0.5, 0.6) is 6.08 Å². The second kappa shape index (κ2) is 6.12. The van der Waals surface area contributed by atoms with E-state index in [1.807, 2.05) is 14.0 Å². The van der Waals surface area contributed by atoms with Gasteiger partial charge >= 0.3 is 12.0 Å². The van der Waals surface area contributed by atoms with Crippen molar-refractivity contribution in [2.24, 2.45) is 0 Å². The third-order valence-corrected chi connectivity index (χ3v) is 1.76. The number of carbonyl (C=O) groups excluding carboxylic acids is 1. The lowest BCUT2D eigenvalue weighted by atomic mass is 10.4. The van der Waals surface area contributed by atoms with E-state index >= 15 is 0 Å². The molecule has 1 heterocycles. The minimum atomic E-state index is -0.512. The van der Waals surface area contributed by atoms with Crippen LogP contribution in [0.25, 0.3) is 0 Å². The van der Waals surface area contributed by atoms with Crippen molar-refractivity contribution in [2.75, 3.05) is 20.2 Å². The van der Waals surface area contributed by atoms with Crippen molar-refractivity contribution >= 4 is 5.97 Å². The van der Waals surface area contributed by atoms with Crippen LogP contribution in [0.3, 0.4) is 0 Å². The lowest BCUT2D eigenvalue weighted by Crippen LogP contribution is -2.26. The van der Waals surface area contributed by atoms with E-state index in [1.54, 1.807) is 6.92 Å². The first-order chi connectivity index (χ1) is 7.67. The first kappa shape index (κ1) is 12.5. The van der Waals surface area contributed by atoms with Gasteiger partial charge in [-0.25, -0.2) is 4.79 Å². The predicted octanol–water partition coefficient (Wildman–Crippen LogP) is 0.838. The molecule has 0 bridgehead atoms. The van der Waals surface area contributed by atoms with Crippen molar-refractivity contribution in [3.8, 4) is 6.08 Å². The van der Waals surface area contributed by atoms with E-state index in [9.17, 15) is 4.79 Å². The molecule has 0 fully saturated rings. The van der Waals surface area contributed by atoms with Gasteiger partial charge in [-0.15, -0.1) is 0 Å². The molecule has 0 saturated carbocycles. The third kappa shape index (κ3) is 3.54. The fourth-order valence-electron chi connectivity index (χ4n) is 1.11. The number of carbonyl (C=O) groups is 1. The van der Waals surface area contributed by atoms with Crippen LogP contribution < -0.4 is 10.1 Å². The molecule has 90 valence electrons. The van der Waals surface area contributed by atoms with Gasteiger partial charge in [-0.3, -0.25) is 0 Å². The van der Waals surface area contributed by atoms with E-state index in [0.29, 0.717) is 13.2 Å². The van der Waals surface area contributed by atoms with Crippen LogP contribution in [0.1, 0.15) is 24.3 Å². The van der Waals surface area contributed by atoms with Crippen LogP contribution in [-0.2, 0) is 4.74 Å². The Bertz CT molecular complexity index is 337. The predicted molar refractivity (Wildman–Crippen MR) is 56.5 cm³/mol. The van der Waals surface area contributed by atoms with Crippen LogP contribution in [0.15, 0.2) is 10.7 Å². The van der Waals surface area contributed by atoms with Gasteiger partial charge < -0.3 is 19.2 Å². The number of rotatable bonds is 6. The molecule has 6 heteroatoms. The lowest BCUT2D eigenvalue weighted by Gasteiger charge is -2.09. The summed E-state index contributed by atoms with van der Waals surface area (Å²) in [5.41, 5.74) is 0.119. The molecule has 1 unspecified atom stereocenters. The number of oxazole rings is 1. The van der Waals surface area contributed by atoms with E-state index in [0.717, 1.165) is 0 Å². The Labute approximate surface area is 93.9 Å². The van der Waals surface area contributed by atoms with Gasteiger partial charge in [0.1, 0.15) is 12.4 Å². The summed E-state index contributed by atoms with van der Waals surface area (Å²) in [5, 5.41) is 2.95. The maximum Gasteiger partial charge on any atom is 0.394 e. The van der Waals surface area contributed by atoms with Crippen LogP contribution in [0.2, 0.25) is 0 Å². The minimum absolute atomic E-state index is 0.0748. The number of aromatic nitrogens is 1. The van der Waals surface area contributed by atoms with Crippen LogP contribution in [0.4, 0.5) is 0 Å². The zero-order chi connectivity index (χ0) is 12.0. The molecule has 0 aliphatic heterocycles. The SMILES string of the molecule is CCOC(=O)c1coc(OC(C)CNC)n1. The Hall–Kier alpha value is -1.56. The number of hydrogen-bond acceptors (Lipinski definition) is 6. The molecule has 0 aliphatic rings. The molecule has 0 spiro atoms. The van der Waals surface area contributed by atoms with Crippen molar-refractivity contribution in [3.05, 3.63) is 12.0 Å². The summed E-state index contributed by atoms with van der Waals surface area (Å²) in [6, 6.07) is 0. The molecule has 0 aliphatic carbocycles. The summed E-state index contributed by atoms with van der Waals surface area (Å²) in [6.07, 6.45) is 1.21. The maximum absolute atomic E-state index is 11.3. The average Bonchev–Trinajstić information content (AvgIpc) is 2.67. The fourth-order valence-corrected chi connectivity index (χ4v) is 1.11. The molecule has 0 amide bonds. The second-order valence-electron chi connectivity index (χ2n) is 3.21. The van der Waals surface area contributed by atoms with E-state index < -0.39 is 5.97 Å². The highest BCUT2D eigenvalue weighted by atomic mass is 16.6. The van der Waals surface area contributed by atoms with Gasteiger partial charge in [-0.05, 0) is 20.9 Å². The van der Waals surface area contributed by atoms with E-state index in [4.69, 9.17) is 13.9 Å². The zero-order valence-corrected chi connectivity index (χ0v) is 9.65. The lowest BCUT2D eigenvalue weighted by molar-refractivity contribution is 0.0519. The number of hydrogen-bond donors (Lipinski definition) is 1. The van der Waals surface area contributed by atoms with Gasteiger partial charge in [0.25, 0.3) is 0 Å². The molecule has 0 radical (unpaired) electrons. The van der Waals surface area contributed by atoms with Crippen molar-refractivity contribution in [1.29, 1.82) is 0 Å². The Morgan fingerprint density at radius 3 is 3.06 bits per heavy atom. The standard InChI is InChI=1S/C10H16N2O4/c1-4-14-9(13)8-6-15-10(12-8)16-7(2)5-11-3/h6-7,11H,4-5H2,1-3H3. The Morgan fingerprint density at radius 1 is 1.69 bits per heavy atom. The summed E-state index contributed by atoms with van der Waals surface area (Å²) < 4.78 is 15.1. The first-order valence-corrected chi connectivity index (χ1v) is 5.11. The average molecular weight is 228 g/mol. The summed E-state index contributed by atoms with van der Waals surface area (Å²) in [4.78, 5) is 15.1. The minimum Gasteiger partial charge on any atom is -0.461 e. The highest BCUT2D eigenvalue weighted by Crippen LogP contribution is 2.12. The molecule has 0 saturated heterocycles. The normalized spacial score (nSPS) is 12.2. The zero-order valence-electron chi connectivity index (χ0n) is 9.65. The first-order valence-electron chi connectivity index (χ1n) is 5.11. The number of likely N-dealkylation sites (N-methyl/N-ethyl adjacent to an activating group) is 1.